The third-order valence-electron chi connectivity index (χ3n) is 6.52. The van der Waals surface area contributed by atoms with Crippen LogP contribution in [0.4, 0.5) is 18.9 Å². The van der Waals surface area contributed by atoms with Crippen LogP contribution >= 0.6 is 0 Å². The van der Waals surface area contributed by atoms with Gasteiger partial charge < -0.3 is 18.6 Å². The molecule has 0 N–H and O–H groups in total. The summed E-state index contributed by atoms with van der Waals surface area (Å²) in [5.41, 5.74) is -3.72. The van der Waals surface area contributed by atoms with Gasteiger partial charge in [-0.05, 0) is 71.9 Å². The summed E-state index contributed by atoms with van der Waals surface area (Å²) in [4.78, 5) is 24.3. The van der Waals surface area contributed by atoms with Gasteiger partial charge in [0.1, 0.15) is 0 Å². The monoisotopic (exact) mass is 601 g/mol. The van der Waals surface area contributed by atoms with Gasteiger partial charge in [-0.2, -0.15) is 21.6 Å². The molecule has 1 aliphatic rings. The largest absolute Gasteiger partial charge is 0.534 e. The predicted octanol–water partition coefficient (Wildman–Crippen LogP) is 6.11. The van der Waals surface area contributed by atoms with E-state index in [0.29, 0.717) is 41.3 Å². The minimum Gasteiger partial charge on any atom is -0.461 e. The summed E-state index contributed by atoms with van der Waals surface area (Å²) in [6.45, 7) is 16.4. The van der Waals surface area contributed by atoms with Crippen LogP contribution in [0, 0.1) is 12.3 Å². The zero-order valence-electron chi connectivity index (χ0n) is 24.6. The normalized spacial score (nSPS) is 16.9. The lowest BCUT2D eigenvalue weighted by molar-refractivity contribution is -0.171. The number of aromatic nitrogens is 2. The Hall–Kier alpha value is -2.93. The zero-order valence-corrected chi connectivity index (χ0v) is 25.4. The van der Waals surface area contributed by atoms with Crippen LogP contribution in [0.25, 0.3) is 11.3 Å². The Bertz CT molecular complexity index is 1340. The van der Waals surface area contributed by atoms with E-state index in [-0.39, 0.29) is 5.41 Å². The molecule has 2 aromatic rings. The molecule has 0 radical (unpaired) electrons. The first-order valence-electron chi connectivity index (χ1n) is 13.3. The fourth-order valence-corrected chi connectivity index (χ4v) is 4.87. The summed E-state index contributed by atoms with van der Waals surface area (Å²) in [6, 6.07) is 2.44. The second-order valence-electron chi connectivity index (χ2n) is 12.1. The highest BCUT2D eigenvalue weighted by molar-refractivity contribution is 7.88. The summed E-state index contributed by atoms with van der Waals surface area (Å²) in [5.74, 6) is -1.17. The first-order chi connectivity index (χ1) is 18.7. The average molecular weight is 602 g/mol. The van der Waals surface area contributed by atoms with Crippen molar-refractivity contribution < 1.29 is 40.0 Å². The smallest absolute Gasteiger partial charge is 0.461 e. The number of halogens is 3. The summed E-state index contributed by atoms with van der Waals surface area (Å²) in [7, 11) is -5.85. The number of hydrogen-bond acceptors (Lipinski definition) is 9. The van der Waals surface area contributed by atoms with Crippen LogP contribution < -0.4 is 9.08 Å². The Morgan fingerprint density at radius 3 is 2.15 bits per heavy atom. The van der Waals surface area contributed by atoms with Crippen LogP contribution in [-0.2, 0) is 24.4 Å². The molecule has 0 saturated carbocycles. The van der Waals surface area contributed by atoms with E-state index in [1.807, 2.05) is 20.8 Å². The number of aryl methyl sites for hydroxylation is 1. The molecule has 0 aliphatic carbocycles. The molecule has 3 heterocycles. The van der Waals surface area contributed by atoms with Crippen LogP contribution in [0.3, 0.4) is 0 Å². The second kappa shape index (κ2) is 11.7. The molecule has 0 aromatic carbocycles. The molecule has 1 fully saturated rings. The van der Waals surface area contributed by atoms with E-state index in [9.17, 15) is 26.4 Å². The molecule has 1 atom stereocenters. The van der Waals surface area contributed by atoms with Crippen molar-refractivity contribution in [3.63, 3.8) is 0 Å². The van der Waals surface area contributed by atoms with E-state index in [1.165, 1.54) is 6.07 Å². The van der Waals surface area contributed by atoms with Gasteiger partial charge in [-0.15, -0.1) is 0 Å². The van der Waals surface area contributed by atoms with Crippen molar-refractivity contribution in [1.82, 2.24) is 9.97 Å². The molecule has 1 aliphatic heterocycles. The Morgan fingerprint density at radius 2 is 1.66 bits per heavy atom. The molecule has 0 amide bonds. The molecule has 0 spiro atoms. The van der Waals surface area contributed by atoms with Crippen molar-refractivity contribution in [2.45, 2.75) is 91.5 Å². The molecular weight excluding hydrogens is 563 g/mol. The van der Waals surface area contributed by atoms with Gasteiger partial charge in [0.05, 0.1) is 29.3 Å². The average Bonchev–Trinajstić information content (AvgIpc) is 2.81. The first kappa shape index (κ1) is 32.6. The minimum atomic E-state index is -5.85. The van der Waals surface area contributed by atoms with E-state index in [2.05, 4.69) is 32.9 Å². The third-order valence-corrected chi connectivity index (χ3v) is 7.50. The molecule has 0 bridgehead atoms. The zero-order chi connectivity index (χ0) is 31.0. The molecule has 228 valence electrons. The maximum Gasteiger partial charge on any atom is 0.534 e. The number of pyridine rings is 2. The lowest BCUT2D eigenvalue weighted by Crippen LogP contribution is -2.39. The van der Waals surface area contributed by atoms with E-state index in [4.69, 9.17) is 9.47 Å². The molecule has 41 heavy (non-hydrogen) atoms. The highest BCUT2D eigenvalue weighted by Gasteiger charge is 2.48. The standard InChI is InChI=1S/C28H38F3N3O6S/c1-17(2)38-25(35)24(39-26(4,5)6)22-18(3)32-16-20(23(22)34-13-11-27(7,8)12-14-34)21-10-9-19(15-33-21)40-41(36,37)28(29,30)31/h9-10,15-17,24H,11-14H2,1-8H3. The van der Waals surface area contributed by atoms with Gasteiger partial charge in [0.2, 0.25) is 0 Å². The minimum absolute atomic E-state index is 0.109. The summed E-state index contributed by atoms with van der Waals surface area (Å²) in [6.07, 6.45) is 2.68. The van der Waals surface area contributed by atoms with Gasteiger partial charge in [0, 0.05) is 36.1 Å². The van der Waals surface area contributed by atoms with Crippen molar-refractivity contribution >= 4 is 21.8 Å². The summed E-state index contributed by atoms with van der Waals surface area (Å²) >= 11 is 0. The number of esters is 1. The van der Waals surface area contributed by atoms with E-state index in [1.54, 1.807) is 27.0 Å². The number of carbonyl (C=O) groups excluding carboxylic acids is 1. The first-order valence-corrected chi connectivity index (χ1v) is 14.7. The fraction of sp³-hybridized carbons (Fsp3) is 0.607. The number of carbonyl (C=O) groups is 1. The van der Waals surface area contributed by atoms with Crippen LogP contribution in [0.15, 0.2) is 24.5 Å². The summed E-state index contributed by atoms with van der Waals surface area (Å²) < 4.78 is 77.4. The van der Waals surface area contributed by atoms with Gasteiger partial charge in [-0.25, -0.2) is 4.79 Å². The van der Waals surface area contributed by atoms with Crippen LogP contribution in [0.5, 0.6) is 5.75 Å². The number of nitrogens with zero attached hydrogens (tertiary/aromatic N) is 3. The number of ether oxygens (including phenoxy) is 2. The van der Waals surface area contributed by atoms with Crippen LogP contribution in [0.1, 0.15) is 78.7 Å². The highest BCUT2D eigenvalue weighted by atomic mass is 32.2. The van der Waals surface area contributed by atoms with Gasteiger partial charge in [0.25, 0.3) is 0 Å². The van der Waals surface area contributed by atoms with Crippen molar-refractivity contribution in [3.8, 4) is 17.0 Å². The topological polar surface area (TPSA) is 108 Å². The molecule has 9 nitrogen and oxygen atoms in total. The van der Waals surface area contributed by atoms with Gasteiger partial charge in [0.15, 0.2) is 11.9 Å². The number of anilines is 1. The van der Waals surface area contributed by atoms with Crippen molar-refractivity contribution in [3.05, 3.63) is 35.8 Å². The number of alkyl halides is 3. The highest BCUT2D eigenvalue weighted by Crippen LogP contribution is 2.43. The maximum absolute atomic E-state index is 13.5. The van der Waals surface area contributed by atoms with E-state index in [0.717, 1.165) is 25.1 Å². The molecule has 1 saturated heterocycles. The Balaban J connectivity index is 2.19. The van der Waals surface area contributed by atoms with Crippen molar-refractivity contribution in [2.75, 3.05) is 18.0 Å². The second-order valence-corrected chi connectivity index (χ2v) is 13.7. The molecular formula is C28H38F3N3O6S. The molecule has 13 heteroatoms. The Labute approximate surface area is 239 Å². The number of rotatable bonds is 8. The molecule has 3 rings (SSSR count). The number of piperidine rings is 1. The van der Waals surface area contributed by atoms with Gasteiger partial charge >= 0.3 is 21.6 Å². The lowest BCUT2D eigenvalue weighted by atomic mass is 9.82. The third kappa shape index (κ3) is 8.09. The SMILES string of the molecule is Cc1ncc(-c2ccc(OS(=O)(=O)C(F)(F)F)cn2)c(N2CCC(C)(C)CC2)c1C(OC(C)(C)C)C(=O)OC(C)C. The molecule has 2 aromatic heterocycles. The number of hydrogen-bond donors (Lipinski definition) is 0. The van der Waals surface area contributed by atoms with Crippen LogP contribution in [0.2, 0.25) is 0 Å². The fourth-order valence-electron chi connectivity index (χ4n) is 4.42. The van der Waals surface area contributed by atoms with Gasteiger partial charge in [-0.3, -0.25) is 9.97 Å². The maximum atomic E-state index is 13.5. The summed E-state index contributed by atoms with van der Waals surface area (Å²) in [5, 5.41) is 0. The van der Waals surface area contributed by atoms with Gasteiger partial charge in [-0.1, -0.05) is 13.8 Å². The van der Waals surface area contributed by atoms with E-state index >= 15 is 0 Å². The van der Waals surface area contributed by atoms with Crippen molar-refractivity contribution in [1.29, 1.82) is 0 Å². The van der Waals surface area contributed by atoms with E-state index < -0.39 is 45.2 Å². The Morgan fingerprint density at radius 1 is 1.05 bits per heavy atom. The Kier molecular flexibility index (Phi) is 9.34. The predicted molar refractivity (Wildman–Crippen MR) is 148 cm³/mol. The quantitative estimate of drug-likeness (QED) is 0.201. The molecule has 1 unspecified atom stereocenters. The van der Waals surface area contributed by atoms with Crippen LogP contribution in [-0.4, -0.2) is 54.7 Å². The lowest BCUT2D eigenvalue weighted by Gasteiger charge is -2.41. The van der Waals surface area contributed by atoms with Crippen molar-refractivity contribution in [2.24, 2.45) is 5.41 Å².